The van der Waals surface area contributed by atoms with Gasteiger partial charge in [-0.05, 0) is 24.1 Å². The molecule has 19 heavy (non-hydrogen) atoms. The monoisotopic (exact) mass is 329 g/mol. The zero-order chi connectivity index (χ0) is 14.2. The second-order valence-corrected chi connectivity index (χ2v) is 5.14. The minimum absolute atomic E-state index is 0.342. The number of halogens is 4. The van der Waals surface area contributed by atoms with Crippen molar-refractivity contribution in [2.45, 2.75) is 13.0 Å². The molecule has 1 atom stereocenters. The summed E-state index contributed by atoms with van der Waals surface area (Å²) in [7, 11) is 0. The highest BCUT2D eigenvalue weighted by Crippen LogP contribution is 2.30. The predicted octanol–water partition coefficient (Wildman–Crippen LogP) is 4.22. The maximum absolute atomic E-state index is 13.7. The average Bonchev–Trinajstić information content (AvgIpc) is 2.26. The van der Waals surface area contributed by atoms with Crippen LogP contribution in [0.1, 0.15) is 22.7 Å². The first kappa shape index (κ1) is 14.1. The van der Waals surface area contributed by atoms with Crippen LogP contribution in [0.4, 0.5) is 13.2 Å². The van der Waals surface area contributed by atoms with E-state index in [0.717, 1.165) is 5.56 Å². The molecule has 0 aliphatic rings. The number of rotatable bonds is 2. The summed E-state index contributed by atoms with van der Waals surface area (Å²) in [6.45, 7) is 1.89. The third kappa shape index (κ3) is 2.82. The molecule has 1 unspecified atom stereocenters. The van der Waals surface area contributed by atoms with Gasteiger partial charge >= 0.3 is 0 Å². The molecule has 0 spiro atoms. The van der Waals surface area contributed by atoms with E-state index in [1.54, 1.807) is 18.2 Å². The van der Waals surface area contributed by atoms with Crippen molar-refractivity contribution in [1.29, 1.82) is 0 Å². The van der Waals surface area contributed by atoms with E-state index < -0.39 is 23.5 Å². The van der Waals surface area contributed by atoms with E-state index in [1.165, 1.54) is 0 Å². The van der Waals surface area contributed by atoms with Crippen molar-refractivity contribution < 1.29 is 13.2 Å². The van der Waals surface area contributed by atoms with Gasteiger partial charge in [-0.25, -0.2) is 13.2 Å². The quantitative estimate of drug-likeness (QED) is 0.876. The Morgan fingerprint density at radius 1 is 1.05 bits per heavy atom. The zero-order valence-corrected chi connectivity index (χ0v) is 11.6. The summed E-state index contributed by atoms with van der Waals surface area (Å²) in [6, 6.07) is 5.52. The molecule has 100 valence electrons. The van der Waals surface area contributed by atoms with E-state index in [0.29, 0.717) is 22.2 Å². The molecule has 0 saturated heterocycles. The first-order chi connectivity index (χ1) is 8.90. The van der Waals surface area contributed by atoms with Gasteiger partial charge in [0.15, 0.2) is 0 Å². The fourth-order valence-corrected chi connectivity index (χ4v) is 2.63. The van der Waals surface area contributed by atoms with Crippen LogP contribution in [0.25, 0.3) is 0 Å². The van der Waals surface area contributed by atoms with Crippen LogP contribution in [-0.2, 0) is 0 Å². The Bertz CT molecular complexity index is 605. The lowest BCUT2D eigenvalue weighted by molar-refractivity contribution is 0.515. The minimum atomic E-state index is -1.00. The fourth-order valence-electron chi connectivity index (χ4n) is 1.89. The summed E-state index contributed by atoms with van der Waals surface area (Å²) in [5, 5.41) is 0. The molecule has 0 bridgehead atoms. The molecule has 2 aromatic rings. The number of aryl methyl sites for hydroxylation is 1. The first-order valence-electron chi connectivity index (χ1n) is 5.56. The molecule has 0 aliphatic carbocycles. The second kappa shape index (κ2) is 5.35. The average molecular weight is 330 g/mol. The van der Waals surface area contributed by atoms with Crippen LogP contribution in [0.3, 0.4) is 0 Å². The van der Waals surface area contributed by atoms with Crippen LogP contribution >= 0.6 is 15.9 Å². The van der Waals surface area contributed by atoms with Crippen molar-refractivity contribution in [2.75, 3.05) is 0 Å². The Hall–Kier alpha value is -1.33. The lowest BCUT2D eigenvalue weighted by atomic mass is 9.97. The molecule has 2 aromatic carbocycles. The van der Waals surface area contributed by atoms with Crippen LogP contribution in [-0.4, -0.2) is 0 Å². The molecule has 2 rings (SSSR count). The molecule has 5 heteroatoms. The van der Waals surface area contributed by atoms with E-state index in [1.807, 2.05) is 6.92 Å². The van der Waals surface area contributed by atoms with Crippen LogP contribution in [0.15, 0.2) is 34.8 Å². The van der Waals surface area contributed by atoms with Crippen molar-refractivity contribution in [3.8, 4) is 0 Å². The third-order valence-corrected chi connectivity index (χ3v) is 3.53. The van der Waals surface area contributed by atoms with Crippen molar-refractivity contribution in [3.63, 3.8) is 0 Å². The summed E-state index contributed by atoms with van der Waals surface area (Å²) in [5.74, 6) is -2.94. The topological polar surface area (TPSA) is 26.0 Å². The Balaban J connectivity index is 2.53. The molecule has 0 fully saturated rings. The smallest absolute Gasteiger partial charge is 0.134 e. The molecule has 0 radical (unpaired) electrons. The van der Waals surface area contributed by atoms with Gasteiger partial charge in [0.1, 0.15) is 17.5 Å². The molecule has 2 N–H and O–H groups in total. The summed E-state index contributed by atoms with van der Waals surface area (Å²) in [4.78, 5) is 0. The van der Waals surface area contributed by atoms with E-state index in [-0.39, 0.29) is 5.56 Å². The summed E-state index contributed by atoms with van der Waals surface area (Å²) in [5.41, 5.74) is 7.07. The van der Waals surface area contributed by atoms with Gasteiger partial charge in [-0.15, -0.1) is 0 Å². The van der Waals surface area contributed by atoms with Gasteiger partial charge in [0, 0.05) is 22.2 Å². The van der Waals surface area contributed by atoms with Crippen molar-refractivity contribution in [3.05, 3.63) is 68.9 Å². The largest absolute Gasteiger partial charge is 0.320 e. The van der Waals surface area contributed by atoms with Crippen molar-refractivity contribution in [1.82, 2.24) is 0 Å². The maximum Gasteiger partial charge on any atom is 0.134 e. The zero-order valence-electron chi connectivity index (χ0n) is 10.1. The number of hydrogen-bond acceptors (Lipinski definition) is 1. The lowest BCUT2D eigenvalue weighted by Crippen LogP contribution is -2.16. The Morgan fingerprint density at radius 3 is 2.16 bits per heavy atom. The first-order valence-corrected chi connectivity index (χ1v) is 6.35. The van der Waals surface area contributed by atoms with Gasteiger partial charge in [0.2, 0.25) is 0 Å². The molecule has 0 saturated carbocycles. The highest BCUT2D eigenvalue weighted by molar-refractivity contribution is 9.10. The maximum atomic E-state index is 13.7. The lowest BCUT2D eigenvalue weighted by Gasteiger charge is -2.16. The second-order valence-electron chi connectivity index (χ2n) is 4.29. The Labute approximate surface area is 117 Å². The van der Waals surface area contributed by atoms with Gasteiger partial charge in [-0.3, -0.25) is 0 Å². The minimum Gasteiger partial charge on any atom is -0.320 e. The fraction of sp³-hybridized carbons (Fsp3) is 0.143. The molecule has 0 heterocycles. The number of nitrogens with two attached hydrogens (primary N) is 1. The van der Waals surface area contributed by atoms with Gasteiger partial charge in [0.25, 0.3) is 0 Å². The van der Waals surface area contributed by atoms with Gasteiger partial charge < -0.3 is 5.73 Å². The number of benzene rings is 2. The Kier molecular flexibility index (Phi) is 3.96. The van der Waals surface area contributed by atoms with Gasteiger partial charge in [-0.1, -0.05) is 28.1 Å². The highest BCUT2D eigenvalue weighted by Gasteiger charge is 2.21. The standard InChI is InChI=1S/C14H11BrF3N/c1-7-2-3-9(10(15)4-7)14(19)13-11(17)5-8(16)6-12(13)18/h2-6,14H,19H2,1H3. The van der Waals surface area contributed by atoms with Crippen molar-refractivity contribution in [2.24, 2.45) is 5.73 Å². The Morgan fingerprint density at radius 2 is 1.63 bits per heavy atom. The van der Waals surface area contributed by atoms with Crippen LogP contribution in [0, 0.1) is 24.4 Å². The van der Waals surface area contributed by atoms with E-state index >= 15 is 0 Å². The molecule has 1 nitrogen and oxygen atoms in total. The normalized spacial score (nSPS) is 12.5. The number of hydrogen-bond donors (Lipinski definition) is 1. The van der Waals surface area contributed by atoms with E-state index in [2.05, 4.69) is 15.9 Å². The van der Waals surface area contributed by atoms with Crippen LogP contribution in [0.2, 0.25) is 0 Å². The summed E-state index contributed by atoms with van der Waals surface area (Å²) < 4.78 is 40.9. The molecular formula is C14H11BrF3N. The predicted molar refractivity (Wildman–Crippen MR) is 71.2 cm³/mol. The van der Waals surface area contributed by atoms with E-state index in [4.69, 9.17) is 5.73 Å². The van der Waals surface area contributed by atoms with Gasteiger partial charge in [-0.2, -0.15) is 0 Å². The van der Waals surface area contributed by atoms with Gasteiger partial charge in [0.05, 0.1) is 6.04 Å². The van der Waals surface area contributed by atoms with Crippen LogP contribution < -0.4 is 5.73 Å². The van der Waals surface area contributed by atoms with E-state index in [9.17, 15) is 13.2 Å². The van der Waals surface area contributed by atoms with Crippen molar-refractivity contribution >= 4 is 15.9 Å². The SMILES string of the molecule is Cc1ccc(C(N)c2c(F)cc(F)cc2F)c(Br)c1. The molecule has 0 aliphatic heterocycles. The molecule has 0 aromatic heterocycles. The summed E-state index contributed by atoms with van der Waals surface area (Å²) >= 11 is 3.31. The molecular weight excluding hydrogens is 319 g/mol. The highest BCUT2D eigenvalue weighted by atomic mass is 79.9. The third-order valence-electron chi connectivity index (χ3n) is 2.85. The van der Waals surface area contributed by atoms with Crippen LogP contribution in [0.5, 0.6) is 0 Å². The summed E-state index contributed by atoms with van der Waals surface area (Å²) in [6.07, 6.45) is 0. The molecule has 0 amide bonds.